The highest BCUT2D eigenvalue weighted by Gasteiger charge is 2.44. The summed E-state index contributed by atoms with van der Waals surface area (Å²) in [4.78, 5) is 28.7. The van der Waals surface area contributed by atoms with E-state index < -0.39 is 0 Å². The minimum absolute atomic E-state index is 0.0651. The molecule has 0 saturated carbocycles. The largest absolute Gasteiger partial charge is 0.341 e. The van der Waals surface area contributed by atoms with Crippen LogP contribution in [0, 0.1) is 12.8 Å². The van der Waals surface area contributed by atoms with Crippen molar-refractivity contribution in [3.63, 3.8) is 0 Å². The second-order valence-corrected chi connectivity index (χ2v) is 7.33. The summed E-state index contributed by atoms with van der Waals surface area (Å²) >= 11 is 1.89. The van der Waals surface area contributed by atoms with Crippen LogP contribution in [0.4, 0.5) is 0 Å². The molecular weight excluding hydrogens is 296 g/mol. The molecule has 2 amide bonds. The van der Waals surface area contributed by atoms with E-state index in [1.54, 1.807) is 4.90 Å². The maximum Gasteiger partial charge on any atom is 0.228 e. The standard InChI is InChI=1S/C17H22N2O2S/c1-12-3-5-13(6-4-12)16-14(11-15(20)18(16)2)17(21)19-7-9-22-10-8-19/h3-6,14,16H,7-11H2,1-2H3/t14-,16+/m1/s1. The van der Waals surface area contributed by atoms with Crippen molar-refractivity contribution >= 4 is 23.6 Å². The van der Waals surface area contributed by atoms with Crippen molar-refractivity contribution in [2.45, 2.75) is 19.4 Å². The van der Waals surface area contributed by atoms with E-state index in [0.29, 0.717) is 6.42 Å². The van der Waals surface area contributed by atoms with E-state index in [1.165, 1.54) is 5.56 Å². The summed E-state index contributed by atoms with van der Waals surface area (Å²) in [5, 5.41) is 0. The second-order valence-electron chi connectivity index (χ2n) is 6.11. The molecule has 0 aliphatic carbocycles. The van der Waals surface area contributed by atoms with Crippen molar-refractivity contribution in [3.05, 3.63) is 35.4 Å². The van der Waals surface area contributed by atoms with Gasteiger partial charge in [0, 0.05) is 38.1 Å². The first kappa shape index (κ1) is 15.4. The molecule has 118 valence electrons. The molecule has 1 aromatic carbocycles. The van der Waals surface area contributed by atoms with E-state index >= 15 is 0 Å². The van der Waals surface area contributed by atoms with Crippen LogP contribution in [0.1, 0.15) is 23.6 Å². The van der Waals surface area contributed by atoms with E-state index in [0.717, 1.165) is 30.2 Å². The van der Waals surface area contributed by atoms with Crippen LogP contribution in [0.2, 0.25) is 0 Å². The molecule has 2 heterocycles. The van der Waals surface area contributed by atoms with Gasteiger partial charge in [-0.05, 0) is 12.5 Å². The molecule has 0 N–H and O–H groups in total. The van der Waals surface area contributed by atoms with Crippen molar-refractivity contribution in [1.29, 1.82) is 0 Å². The number of aryl methyl sites for hydroxylation is 1. The first-order valence-corrected chi connectivity index (χ1v) is 8.92. The summed E-state index contributed by atoms with van der Waals surface area (Å²) in [5.41, 5.74) is 2.25. The number of nitrogens with zero attached hydrogens (tertiary/aromatic N) is 2. The summed E-state index contributed by atoms with van der Waals surface area (Å²) in [7, 11) is 1.81. The number of amides is 2. The number of rotatable bonds is 2. The van der Waals surface area contributed by atoms with Gasteiger partial charge in [-0.3, -0.25) is 9.59 Å². The molecule has 0 aromatic heterocycles. The van der Waals surface area contributed by atoms with Crippen LogP contribution < -0.4 is 0 Å². The van der Waals surface area contributed by atoms with Crippen LogP contribution in [0.15, 0.2) is 24.3 Å². The Bertz CT molecular complexity index is 567. The molecule has 5 heteroatoms. The maximum absolute atomic E-state index is 12.9. The van der Waals surface area contributed by atoms with Gasteiger partial charge in [-0.25, -0.2) is 0 Å². The number of likely N-dealkylation sites (tertiary alicyclic amines) is 1. The minimum Gasteiger partial charge on any atom is -0.341 e. The number of carbonyl (C=O) groups is 2. The third-order valence-electron chi connectivity index (χ3n) is 4.65. The first-order chi connectivity index (χ1) is 10.6. The summed E-state index contributed by atoms with van der Waals surface area (Å²) < 4.78 is 0. The molecule has 2 aliphatic rings. The number of thioether (sulfide) groups is 1. The van der Waals surface area contributed by atoms with Crippen molar-refractivity contribution in [2.24, 2.45) is 5.92 Å². The summed E-state index contributed by atoms with van der Waals surface area (Å²) in [6.45, 7) is 3.65. The number of carbonyl (C=O) groups excluding carboxylic acids is 2. The van der Waals surface area contributed by atoms with Gasteiger partial charge in [-0.2, -0.15) is 11.8 Å². The van der Waals surface area contributed by atoms with Crippen LogP contribution in [-0.2, 0) is 9.59 Å². The SMILES string of the molecule is Cc1ccc([C@H]2[C@H](C(=O)N3CCSCC3)CC(=O)N2C)cc1. The molecule has 0 spiro atoms. The molecule has 22 heavy (non-hydrogen) atoms. The zero-order chi connectivity index (χ0) is 15.7. The Balaban J connectivity index is 1.86. The van der Waals surface area contributed by atoms with E-state index in [1.807, 2.05) is 54.9 Å². The van der Waals surface area contributed by atoms with Gasteiger partial charge >= 0.3 is 0 Å². The normalized spacial score (nSPS) is 25.6. The molecule has 4 nitrogen and oxygen atoms in total. The highest BCUT2D eigenvalue weighted by atomic mass is 32.2. The summed E-state index contributed by atoms with van der Waals surface area (Å²) in [6.07, 6.45) is 0.331. The Hall–Kier alpha value is -1.49. The Morgan fingerprint density at radius 2 is 1.82 bits per heavy atom. The van der Waals surface area contributed by atoms with Gasteiger partial charge in [0.05, 0.1) is 12.0 Å². The van der Waals surface area contributed by atoms with E-state index in [4.69, 9.17) is 0 Å². The molecular formula is C17H22N2O2S. The lowest BCUT2D eigenvalue weighted by Crippen LogP contribution is -2.42. The van der Waals surface area contributed by atoms with Gasteiger partial charge in [0.25, 0.3) is 0 Å². The number of benzene rings is 1. The van der Waals surface area contributed by atoms with Crippen molar-refractivity contribution in [2.75, 3.05) is 31.6 Å². The third-order valence-corrected chi connectivity index (χ3v) is 5.59. The fourth-order valence-corrected chi connectivity index (χ4v) is 4.23. The predicted octanol–water partition coefficient (Wildman–Crippen LogP) is 2.09. The van der Waals surface area contributed by atoms with Crippen LogP contribution in [0.3, 0.4) is 0 Å². The molecule has 2 atom stereocenters. The van der Waals surface area contributed by atoms with Crippen molar-refractivity contribution < 1.29 is 9.59 Å². The summed E-state index contributed by atoms with van der Waals surface area (Å²) in [5.74, 6) is 1.96. The van der Waals surface area contributed by atoms with E-state index in [-0.39, 0.29) is 23.8 Å². The monoisotopic (exact) mass is 318 g/mol. The van der Waals surface area contributed by atoms with Gasteiger partial charge in [0.15, 0.2) is 0 Å². The molecule has 0 radical (unpaired) electrons. The number of hydrogen-bond donors (Lipinski definition) is 0. The molecule has 3 rings (SSSR count). The third kappa shape index (κ3) is 2.86. The van der Waals surface area contributed by atoms with Crippen molar-refractivity contribution in [3.8, 4) is 0 Å². The molecule has 2 fully saturated rings. The van der Waals surface area contributed by atoms with Gasteiger partial charge in [-0.1, -0.05) is 29.8 Å². The topological polar surface area (TPSA) is 40.6 Å². The predicted molar refractivity (Wildman–Crippen MR) is 88.7 cm³/mol. The molecule has 0 bridgehead atoms. The zero-order valence-corrected chi connectivity index (χ0v) is 13.9. The Morgan fingerprint density at radius 3 is 2.45 bits per heavy atom. The average Bonchev–Trinajstić information content (AvgIpc) is 2.84. The highest BCUT2D eigenvalue weighted by molar-refractivity contribution is 7.99. The van der Waals surface area contributed by atoms with Crippen LogP contribution >= 0.6 is 11.8 Å². The van der Waals surface area contributed by atoms with Gasteiger partial charge in [-0.15, -0.1) is 0 Å². The average molecular weight is 318 g/mol. The van der Waals surface area contributed by atoms with E-state index in [9.17, 15) is 9.59 Å². The fourth-order valence-electron chi connectivity index (χ4n) is 3.33. The quantitative estimate of drug-likeness (QED) is 0.838. The summed E-state index contributed by atoms with van der Waals surface area (Å²) in [6, 6.07) is 8.05. The molecule has 2 saturated heterocycles. The zero-order valence-electron chi connectivity index (χ0n) is 13.1. The fraction of sp³-hybridized carbons (Fsp3) is 0.529. The van der Waals surface area contributed by atoms with Crippen LogP contribution in [0.5, 0.6) is 0 Å². The Morgan fingerprint density at radius 1 is 1.18 bits per heavy atom. The Labute approximate surface area is 135 Å². The van der Waals surface area contributed by atoms with Gasteiger partial charge in [0.2, 0.25) is 11.8 Å². The van der Waals surface area contributed by atoms with Gasteiger partial charge in [0.1, 0.15) is 0 Å². The van der Waals surface area contributed by atoms with Gasteiger partial charge < -0.3 is 9.80 Å². The molecule has 0 unspecified atom stereocenters. The van der Waals surface area contributed by atoms with Crippen LogP contribution in [0.25, 0.3) is 0 Å². The molecule has 2 aliphatic heterocycles. The maximum atomic E-state index is 12.9. The first-order valence-electron chi connectivity index (χ1n) is 7.76. The smallest absolute Gasteiger partial charge is 0.228 e. The Kier molecular flexibility index (Phi) is 4.43. The lowest BCUT2D eigenvalue weighted by Gasteiger charge is -2.32. The molecule has 1 aromatic rings. The minimum atomic E-state index is -0.247. The van der Waals surface area contributed by atoms with Crippen molar-refractivity contribution in [1.82, 2.24) is 9.80 Å². The number of hydrogen-bond acceptors (Lipinski definition) is 3. The van der Waals surface area contributed by atoms with E-state index in [2.05, 4.69) is 0 Å². The lowest BCUT2D eigenvalue weighted by molar-refractivity contribution is -0.136. The second kappa shape index (κ2) is 6.32. The lowest BCUT2D eigenvalue weighted by atomic mass is 9.92. The van der Waals surface area contributed by atoms with Crippen LogP contribution in [-0.4, -0.2) is 53.3 Å². The highest BCUT2D eigenvalue weighted by Crippen LogP contribution is 2.38.